The van der Waals surface area contributed by atoms with E-state index < -0.39 is 0 Å². The minimum absolute atomic E-state index is 0.0230. The van der Waals surface area contributed by atoms with Crippen LogP contribution >= 0.6 is 0 Å². The predicted octanol–water partition coefficient (Wildman–Crippen LogP) is 4.38. The first-order valence-corrected chi connectivity index (χ1v) is 10.9. The fourth-order valence-electron chi connectivity index (χ4n) is 3.76. The summed E-state index contributed by atoms with van der Waals surface area (Å²) in [7, 11) is 1.89. The van der Waals surface area contributed by atoms with Crippen LogP contribution in [0.1, 0.15) is 48.5 Å². The van der Waals surface area contributed by atoms with Gasteiger partial charge >= 0.3 is 0 Å². The number of carbonyl (C=O) groups excluding carboxylic acids is 2. The average molecular weight is 409 g/mol. The lowest BCUT2D eigenvalue weighted by atomic mass is 9.94. The Morgan fingerprint density at radius 2 is 1.70 bits per heavy atom. The molecule has 1 fully saturated rings. The zero-order chi connectivity index (χ0) is 21.3. The summed E-state index contributed by atoms with van der Waals surface area (Å²) in [5.74, 6) is 1.02. The standard InChI is InChI=1S/C25H32N2O3/c1-3-4-16-26(2)24(28)22-14-17-27(18-15-22)25(29)21-10-12-23(13-11-21)30-19-20-8-6-5-7-9-20/h5-13,22H,3-4,14-19H2,1-2H3. The molecule has 0 aliphatic carbocycles. The number of rotatable bonds is 8. The third-order valence-electron chi connectivity index (χ3n) is 5.70. The van der Waals surface area contributed by atoms with Gasteiger partial charge in [0.25, 0.3) is 5.91 Å². The van der Waals surface area contributed by atoms with Crippen LogP contribution in [0.2, 0.25) is 0 Å². The number of carbonyl (C=O) groups is 2. The maximum absolute atomic E-state index is 12.8. The van der Waals surface area contributed by atoms with Crippen molar-refractivity contribution >= 4 is 11.8 Å². The van der Waals surface area contributed by atoms with Gasteiger partial charge in [0.2, 0.25) is 5.91 Å². The highest BCUT2D eigenvalue weighted by atomic mass is 16.5. The minimum Gasteiger partial charge on any atom is -0.489 e. The van der Waals surface area contributed by atoms with Crippen LogP contribution in [0.4, 0.5) is 0 Å². The lowest BCUT2D eigenvalue weighted by Crippen LogP contribution is -2.43. The van der Waals surface area contributed by atoms with E-state index in [4.69, 9.17) is 4.74 Å². The van der Waals surface area contributed by atoms with E-state index in [1.54, 1.807) is 0 Å². The monoisotopic (exact) mass is 408 g/mol. The number of piperidine rings is 1. The number of amides is 2. The molecule has 1 heterocycles. The van der Waals surface area contributed by atoms with Crippen molar-refractivity contribution in [1.29, 1.82) is 0 Å². The van der Waals surface area contributed by atoms with Crippen LogP contribution in [-0.2, 0) is 11.4 Å². The summed E-state index contributed by atoms with van der Waals surface area (Å²) in [5, 5.41) is 0. The second kappa shape index (κ2) is 10.8. The Morgan fingerprint density at radius 3 is 2.33 bits per heavy atom. The first-order chi connectivity index (χ1) is 14.6. The van der Waals surface area contributed by atoms with Gasteiger partial charge in [0.05, 0.1) is 0 Å². The Kier molecular flexibility index (Phi) is 7.89. The predicted molar refractivity (Wildman–Crippen MR) is 118 cm³/mol. The molecule has 1 aliphatic heterocycles. The minimum atomic E-state index is 0.0230. The number of hydrogen-bond donors (Lipinski definition) is 0. The Labute approximate surface area is 179 Å². The van der Waals surface area contributed by atoms with E-state index in [-0.39, 0.29) is 17.7 Å². The number of nitrogens with zero attached hydrogens (tertiary/aromatic N) is 2. The lowest BCUT2D eigenvalue weighted by molar-refractivity contribution is -0.135. The van der Waals surface area contributed by atoms with Crippen molar-refractivity contribution in [3.8, 4) is 5.75 Å². The summed E-state index contributed by atoms with van der Waals surface area (Å²) in [6.45, 7) is 4.70. The molecule has 0 radical (unpaired) electrons. The summed E-state index contributed by atoms with van der Waals surface area (Å²) in [5.41, 5.74) is 1.77. The SMILES string of the molecule is CCCCN(C)C(=O)C1CCN(C(=O)c2ccc(OCc3ccccc3)cc2)CC1. The molecule has 0 spiro atoms. The van der Waals surface area contributed by atoms with E-state index in [2.05, 4.69) is 6.92 Å². The van der Waals surface area contributed by atoms with Crippen LogP contribution in [-0.4, -0.2) is 48.3 Å². The molecular formula is C25H32N2O3. The molecular weight excluding hydrogens is 376 g/mol. The van der Waals surface area contributed by atoms with Crippen molar-refractivity contribution in [2.75, 3.05) is 26.7 Å². The molecule has 2 aromatic carbocycles. The lowest BCUT2D eigenvalue weighted by Gasteiger charge is -2.33. The molecule has 1 saturated heterocycles. The van der Waals surface area contributed by atoms with Gasteiger partial charge in [-0.05, 0) is 49.1 Å². The van der Waals surface area contributed by atoms with Crippen molar-refractivity contribution in [2.45, 2.75) is 39.2 Å². The number of benzene rings is 2. The van der Waals surface area contributed by atoms with Crippen LogP contribution in [0, 0.1) is 5.92 Å². The highest BCUT2D eigenvalue weighted by molar-refractivity contribution is 5.94. The quantitative estimate of drug-likeness (QED) is 0.651. The third-order valence-corrected chi connectivity index (χ3v) is 5.70. The molecule has 0 unspecified atom stereocenters. The molecule has 5 heteroatoms. The Hall–Kier alpha value is -2.82. The van der Waals surface area contributed by atoms with Gasteiger partial charge in [-0.15, -0.1) is 0 Å². The van der Waals surface area contributed by atoms with E-state index in [1.807, 2.05) is 71.4 Å². The molecule has 2 aromatic rings. The number of hydrogen-bond acceptors (Lipinski definition) is 3. The van der Waals surface area contributed by atoms with Crippen molar-refractivity contribution in [3.63, 3.8) is 0 Å². The first-order valence-electron chi connectivity index (χ1n) is 10.9. The van der Waals surface area contributed by atoms with Gasteiger partial charge in [-0.25, -0.2) is 0 Å². The fraction of sp³-hybridized carbons (Fsp3) is 0.440. The zero-order valence-corrected chi connectivity index (χ0v) is 18.0. The second-order valence-corrected chi connectivity index (χ2v) is 7.98. The van der Waals surface area contributed by atoms with Crippen LogP contribution in [0.3, 0.4) is 0 Å². The highest BCUT2D eigenvalue weighted by Crippen LogP contribution is 2.22. The Bertz CT molecular complexity index is 812. The summed E-state index contributed by atoms with van der Waals surface area (Å²) in [6.07, 6.45) is 3.59. The molecule has 0 aromatic heterocycles. The average Bonchev–Trinajstić information content (AvgIpc) is 2.81. The van der Waals surface area contributed by atoms with Crippen LogP contribution in [0.5, 0.6) is 5.75 Å². The number of ether oxygens (including phenoxy) is 1. The zero-order valence-electron chi connectivity index (χ0n) is 18.0. The van der Waals surface area contributed by atoms with Gasteiger partial charge in [0, 0.05) is 38.2 Å². The molecule has 1 aliphatic rings. The first kappa shape index (κ1) is 21.9. The van der Waals surface area contributed by atoms with Gasteiger partial charge in [-0.3, -0.25) is 9.59 Å². The highest BCUT2D eigenvalue weighted by Gasteiger charge is 2.29. The molecule has 0 bridgehead atoms. The van der Waals surface area contributed by atoms with E-state index in [0.29, 0.717) is 25.3 Å². The molecule has 3 rings (SSSR count). The smallest absolute Gasteiger partial charge is 0.253 e. The summed E-state index contributed by atoms with van der Waals surface area (Å²) in [6, 6.07) is 17.3. The summed E-state index contributed by atoms with van der Waals surface area (Å²) < 4.78 is 5.80. The van der Waals surface area contributed by atoms with Gasteiger partial charge in [-0.1, -0.05) is 43.7 Å². The van der Waals surface area contributed by atoms with Crippen molar-refractivity contribution < 1.29 is 14.3 Å². The molecule has 0 atom stereocenters. The van der Waals surface area contributed by atoms with E-state index in [9.17, 15) is 9.59 Å². The molecule has 0 saturated carbocycles. The maximum atomic E-state index is 12.8. The molecule has 160 valence electrons. The van der Waals surface area contributed by atoms with Crippen LogP contribution < -0.4 is 4.74 Å². The maximum Gasteiger partial charge on any atom is 0.253 e. The number of unbranched alkanes of at least 4 members (excludes halogenated alkanes) is 1. The van der Waals surface area contributed by atoms with Gasteiger partial charge in [-0.2, -0.15) is 0 Å². The molecule has 30 heavy (non-hydrogen) atoms. The molecule has 5 nitrogen and oxygen atoms in total. The molecule has 0 N–H and O–H groups in total. The van der Waals surface area contributed by atoms with Crippen molar-refractivity contribution in [3.05, 3.63) is 65.7 Å². The van der Waals surface area contributed by atoms with E-state index in [1.165, 1.54) is 0 Å². The van der Waals surface area contributed by atoms with E-state index in [0.717, 1.165) is 43.5 Å². The Morgan fingerprint density at radius 1 is 1.03 bits per heavy atom. The van der Waals surface area contributed by atoms with Crippen LogP contribution in [0.25, 0.3) is 0 Å². The second-order valence-electron chi connectivity index (χ2n) is 7.98. The molecule has 2 amide bonds. The largest absolute Gasteiger partial charge is 0.489 e. The van der Waals surface area contributed by atoms with Gasteiger partial charge in [0.15, 0.2) is 0 Å². The van der Waals surface area contributed by atoms with Crippen molar-refractivity contribution in [1.82, 2.24) is 9.80 Å². The van der Waals surface area contributed by atoms with Crippen LogP contribution in [0.15, 0.2) is 54.6 Å². The number of likely N-dealkylation sites (tertiary alicyclic amines) is 1. The van der Waals surface area contributed by atoms with Crippen molar-refractivity contribution in [2.24, 2.45) is 5.92 Å². The fourth-order valence-corrected chi connectivity index (χ4v) is 3.76. The van der Waals surface area contributed by atoms with Gasteiger partial charge in [0.1, 0.15) is 12.4 Å². The summed E-state index contributed by atoms with van der Waals surface area (Å²) >= 11 is 0. The topological polar surface area (TPSA) is 49.9 Å². The third kappa shape index (κ3) is 5.85. The normalized spacial score (nSPS) is 14.4. The summed E-state index contributed by atoms with van der Waals surface area (Å²) in [4.78, 5) is 29.1. The Balaban J connectivity index is 1.48. The van der Waals surface area contributed by atoms with E-state index >= 15 is 0 Å². The van der Waals surface area contributed by atoms with Gasteiger partial charge < -0.3 is 14.5 Å².